The lowest BCUT2D eigenvalue weighted by Gasteiger charge is -2.12. The number of nitrogens with two attached hydrogens (primary N) is 1. The van der Waals surface area contributed by atoms with Gasteiger partial charge in [-0.2, -0.15) is 0 Å². The number of imidazole rings is 1. The number of rotatable bonds is 3. The van der Waals surface area contributed by atoms with Gasteiger partial charge in [-0.05, 0) is 46.3 Å². The van der Waals surface area contributed by atoms with Gasteiger partial charge in [-0.1, -0.05) is 29.3 Å². The summed E-state index contributed by atoms with van der Waals surface area (Å²) in [5.74, 6) is -2.19. The van der Waals surface area contributed by atoms with Crippen molar-refractivity contribution >= 4 is 45.0 Å². The second-order valence-electron chi connectivity index (χ2n) is 4.98. The molecule has 1 amide bonds. The van der Waals surface area contributed by atoms with Gasteiger partial charge < -0.3 is 5.73 Å². The molecule has 0 atom stereocenters. The van der Waals surface area contributed by atoms with Gasteiger partial charge in [0, 0.05) is 5.56 Å². The summed E-state index contributed by atoms with van der Waals surface area (Å²) in [7, 11) is 0. The molecule has 0 radical (unpaired) electrons. The topological polar surface area (TPSA) is 60.9 Å². The first-order valence-corrected chi connectivity index (χ1v) is 8.34. The average molecular weight is 447 g/mol. The Balaban J connectivity index is 2.38. The van der Waals surface area contributed by atoms with Crippen LogP contribution in [0.2, 0.25) is 10.0 Å². The van der Waals surface area contributed by atoms with Crippen LogP contribution in [0.15, 0.2) is 41.1 Å². The minimum absolute atomic E-state index is 0.0369. The third-order valence-corrected chi connectivity index (χ3v) is 4.55. The minimum Gasteiger partial charge on any atom is -0.364 e. The molecular formula is C16H8BrCl2F2N3O. The van der Waals surface area contributed by atoms with Gasteiger partial charge in [0.2, 0.25) is 0 Å². The van der Waals surface area contributed by atoms with Crippen LogP contribution in [0.5, 0.6) is 0 Å². The molecule has 0 bridgehead atoms. The molecule has 2 aromatic carbocycles. The van der Waals surface area contributed by atoms with E-state index in [0.29, 0.717) is 5.56 Å². The van der Waals surface area contributed by atoms with E-state index in [1.165, 1.54) is 28.8 Å². The Hall–Kier alpha value is -1.96. The molecule has 0 aliphatic heterocycles. The van der Waals surface area contributed by atoms with E-state index in [-0.39, 0.29) is 31.9 Å². The summed E-state index contributed by atoms with van der Waals surface area (Å²) in [6.07, 6.45) is 0. The molecule has 1 heterocycles. The van der Waals surface area contributed by atoms with Crippen LogP contribution in [0.3, 0.4) is 0 Å². The molecule has 3 aromatic rings. The van der Waals surface area contributed by atoms with Crippen LogP contribution in [0.1, 0.15) is 10.5 Å². The average Bonchev–Trinajstić information content (AvgIpc) is 2.90. The van der Waals surface area contributed by atoms with Gasteiger partial charge in [0.15, 0.2) is 16.2 Å². The number of nitrogens with zero attached hydrogens (tertiary/aromatic N) is 2. The minimum atomic E-state index is -0.836. The summed E-state index contributed by atoms with van der Waals surface area (Å²) < 4.78 is 29.4. The van der Waals surface area contributed by atoms with E-state index in [2.05, 4.69) is 20.9 Å². The zero-order valence-electron chi connectivity index (χ0n) is 12.2. The molecule has 0 saturated heterocycles. The first-order chi connectivity index (χ1) is 11.8. The highest BCUT2D eigenvalue weighted by atomic mass is 79.9. The number of benzene rings is 2. The van der Waals surface area contributed by atoms with Crippen LogP contribution in [0.4, 0.5) is 8.78 Å². The summed E-state index contributed by atoms with van der Waals surface area (Å²) in [5, 5.41) is -0.273. The van der Waals surface area contributed by atoms with E-state index in [1.54, 1.807) is 6.07 Å². The second kappa shape index (κ2) is 6.74. The molecule has 0 aliphatic rings. The van der Waals surface area contributed by atoms with Crippen molar-refractivity contribution in [3.05, 3.63) is 68.5 Å². The van der Waals surface area contributed by atoms with Crippen molar-refractivity contribution in [3.63, 3.8) is 0 Å². The number of hydrogen-bond acceptors (Lipinski definition) is 2. The van der Waals surface area contributed by atoms with Crippen molar-refractivity contribution < 1.29 is 13.6 Å². The maximum Gasteiger partial charge on any atom is 0.269 e. The number of aromatic nitrogens is 2. The monoisotopic (exact) mass is 445 g/mol. The van der Waals surface area contributed by atoms with Crippen LogP contribution in [-0.4, -0.2) is 15.5 Å². The lowest BCUT2D eigenvalue weighted by atomic mass is 10.1. The van der Waals surface area contributed by atoms with Crippen LogP contribution >= 0.6 is 39.1 Å². The molecule has 0 unspecified atom stereocenters. The number of primary amides is 1. The Labute approximate surface area is 159 Å². The third kappa shape index (κ3) is 3.15. The summed E-state index contributed by atoms with van der Waals surface area (Å²) in [5.41, 5.74) is 5.78. The summed E-state index contributed by atoms with van der Waals surface area (Å²) in [6.45, 7) is 0. The largest absolute Gasteiger partial charge is 0.364 e. The lowest BCUT2D eigenvalue weighted by molar-refractivity contribution is 0.0996. The number of halogens is 5. The van der Waals surface area contributed by atoms with E-state index in [0.717, 1.165) is 6.07 Å². The maximum atomic E-state index is 14.5. The highest BCUT2D eigenvalue weighted by molar-refractivity contribution is 9.10. The fourth-order valence-electron chi connectivity index (χ4n) is 2.36. The van der Waals surface area contributed by atoms with Gasteiger partial charge in [0.25, 0.3) is 5.91 Å². The number of carbonyl (C=O) groups excluding carboxylic acids is 1. The van der Waals surface area contributed by atoms with Gasteiger partial charge in [-0.15, -0.1) is 0 Å². The number of hydrogen-bond donors (Lipinski definition) is 1. The molecule has 1 aromatic heterocycles. The highest BCUT2D eigenvalue weighted by Crippen LogP contribution is 2.35. The third-order valence-electron chi connectivity index (χ3n) is 3.44. The van der Waals surface area contributed by atoms with Crippen LogP contribution < -0.4 is 5.73 Å². The van der Waals surface area contributed by atoms with Crippen molar-refractivity contribution in [2.24, 2.45) is 5.73 Å². The fourth-order valence-corrected chi connectivity index (χ4v) is 3.26. The SMILES string of the molecule is NC(=O)c1nc(Br)n(-c2cccc(Cl)c2F)c1-c1ccc(F)c(Cl)c1. The van der Waals surface area contributed by atoms with Gasteiger partial charge in [0.05, 0.1) is 21.4 Å². The van der Waals surface area contributed by atoms with Crippen LogP contribution in [0, 0.1) is 11.6 Å². The van der Waals surface area contributed by atoms with Gasteiger partial charge >= 0.3 is 0 Å². The van der Waals surface area contributed by atoms with Crippen molar-refractivity contribution in [1.29, 1.82) is 0 Å². The quantitative estimate of drug-likeness (QED) is 0.616. The standard InChI is InChI=1S/C16H8BrCl2F2N3O/c17-16-23-13(15(22)25)14(7-4-5-10(20)9(19)6-7)24(16)11-3-1-2-8(18)12(11)21/h1-6H,(H2,22,25). The molecule has 128 valence electrons. The Bertz CT molecular complexity index is 1010. The number of amides is 1. The first-order valence-electron chi connectivity index (χ1n) is 6.79. The highest BCUT2D eigenvalue weighted by Gasteiger charge is 2.24. The summed E-state index contributed by atoms with van der Waals surface area (Å²) in [4.78, 5) is 15.8. The zero-order valence-corrected chi connectivity index (χ0v) is 15.3. The summed E-state index contributed by atoms with van der Waals surface area (Å²) in [6, 6.07) is 8.18. The van der Waals surface area contributed by atoms with Gasteiger partial charge in [-0.25, -0.2) is 13.8 Å². The smallest absolute Gasteiger partial charge is 0.269 e. The van der Waals surface area contributed by atoms with E-state index >= 15 is 0 Å². The fraction of sp³-hybridized carbons (Fsp3) is 0. The van der Waals surface area contributed by atoms with E-state index in [1.807, 2.05) is 0 Å². The molecule has 0 fully saturated rings. The van der Waals surface area contributed by atoms with E-state index in [4.69, 9.17) is 28.9 Å². The second-order valence-corrected chi connectivity index (χ2v) is 6.50. The van der Waals surface area contributed by atoms with Crippen LogP contribution in [-0.2, 0) is 0 Å². The van der Waals surface area contributed by atoms with E-state index < -0.39 is 17.5 Å². The lowest BCUT2D eigenvalue weighted by Crippen LogP contribution is -2.13. The molecule has 25 heavy (non-hydrogen) atoms. The first kappa shape index (κ1) is 17.8. The number of carbonyl (C=O) groups is 1. The molecule has 0 saturated carbocycles. The molecule has 9 heteroatoms. The molecule has 3 rings (SSSR count). The van der Waals surface area contributed by atoms with Crippen molar-refractivity contribution in [2.45, 2.75) is 0 Å². The molecule has 0 aliphatic carbocycles. The Morgan fingerprint density at radius 3 is 2.52 bits per heavy atom. The van der Waals surface area contributed by atoms with Crippen LogP contribution in [0.25, 0.3) is 16.9 Å². The maximum absolute atomic E-state index is 14.5. The molecular weight excluding hydrogens is 439 g/mol. The predicted octanol–water partition coefficient (Wildman–Crippen LogP) is 4.99. The summed E-state index contributed by atoms with van der Waals surface area (Å²) >= 11 is 14.9. The van der Waals surface area contributed by atoms with Gasteiger partial charge in [0.1, 0.15) is 5.82 Å². The zero-order chi connectivity index (χ0) is 18.3. The van der Waals surface area contributed by atoms with E-state index in [9.17, 15) is 13.6 Å². The normalized spacial score (nSPS) is 10.9. The van der Waals surface area contributed by atoms with Crippen molar-refractivity contribution in [2.75, 3.05) is 0 Å². The van der Waals surface area contributed by atoms with Gasteiger partial charge in [-0.3, -0.25) is 9.36 Å². The molecule has 2 N–H and O–H groups in total. The predicted molar refractivity (Wildman–Crippen MR) is 95.2 cm³/mol. The Morgan fingerprint density at radius 2 is 1.88 bits per heavy atom. The van der Waals surface area contributed by atoms with Crippen molar-refractivity contribution in [1.82, 2.24) is 9.55 Å². The molecule has 4 nitrogen and oxygen atoms in total. The van der Waals surface area contributed by atoms with Crippen molar-refractivity contribution in [3.8, 4) is 16.9 Å². The Morgan fingerprint density at radius 1 is 1.16 bits per heavy atom. The Kier molecular flexibility index (Phi) is 4.81. The molecule has 0 spiro atoms.